The maximum absolute atomic E-state index is 12.2. The molecule has 0 saturated carbocycles. The molecule has 0 fully saturated rings. The fourth-order valence-corrected chi connectivity index (χ4v) is 1.10. The van der Waals surface area contributed by atoms with E-state index in [1.165, 1.54) is 18.2 Å². The van der Waals surface area contributed by atoms with Crippen LogP contribution in [0.2, 0.25) is 0 Å². The van der Waals surface area contributed by atoms with Crippen molar-refractivity contribution in [2.45, 2.75) is 12.8 Å². The standard InChI is InChI=1S/C10H8F2O3/c11-9(12)7-3-1-2-6(4-7)5-8(13)10(14)15/h1-4,9H,5H2,(H,14,15). The number of aliphatic carboxylic acids is 1. The maximum Gasteiger partial charge on any atom is 0.372 e. The highest BCUT2D eigenvalue weighted by atomic mass is 19.3. The number of carboxylic acids is 1. The predicted molar refractivity (Wildman–Crippen MR) is 47.7 cm³/mol. The fourth-order valence-electron chi connectivity index (χ4n) is 1.10. The highest BCUT2D eigenvalue weighted by Crippen LogP contribution is 2.19. The molecule has 80 valence electrons. The zero-order chi connectivity index (χ0) is 11.4. The van der Waals surface area contributed by atoms with Crippen LogP contribution in [-0.2, 0) is 16.0 Å². The molecule has 0 atom stereocenters. The molecule has 3 nitrogen and oxygen atoms in total. The third kappa shape index (κ3) is 3.12. The molecule has 0 amide bonds. The molecule has 0 spiro atoms. The molecule has 0 aliphatic heterocycles. The molecule has 0 aliphatic rings. The number of carbonyl (C=O) groups excluding carboxylic acids is 1. The van der Waals surface area contributed by atoms with Crippen LogP contribution in [0.5, 0.6) is 0 Å². The Bertz CT molecular complexity index is 388. The molecule has 0 aliphatic carbocycles. The number of alkyl halides is 2. The van der Waals surface area contributed by atoms with Crippen molar-refractivity contribution in [2.75, 3.05) is 0 Å². The molecule has 0 radical (unpaired) electrons. The number of Topliss-reactive ketones (excluding diaryl/α,β-unsaturated/α-hetero) is 1. The van der Waals surface area contributed by atoms with Crippen molar-refractivity contribution < 1.29 is 23.5 Å². The Kier molecular flexibility index (Phi) is 3.49. The molecule has 0 bridgehead atoms. The minimum Gasteiger partial charge on any atom is -0.475 e. The van der Waals surface area contributed by atoms with Crippen molar-refractivity contribution in [3.8, 4) is 0 Å². The van der Waals surface area contributed by atoms with Crippen molar-refractivity contribution in [1.82, 2.24) is 0 Å². The zero-order valence-electron chi connectivity index (χ0n) is 7.61. The lowest BCUT2D eigenvalue weighted by Crippen LogP contribution is -2.15. The monoisotopic (exact) mass is 214 g/mol. The van der Waals surface area contributed by atoms with Gasteiger partial charge in [0.1, 0.15) is 0 Å². The van der Waals surface area contributed by atoms with E-state index in [1.807, 2.05) is 0 Å². The normalized spacial score (nSPS) is 10.3. The summed E-state index contributed by atoms with van der Waals surface area (Å²) in [6, 6.07) is 5.16. The molecule has 0 aromatic heterocycles. The summed E-state index contributed by atoms with van der Waals surface area (Å²) in [4.78, 5) is 21.0. The van der Waals surface area contributed by atoms with E-state index in [0.717, 1.165) is 6.07 Å². The van der Waals surface area contributed by atoms with Crippen molar-refractivity contribution >= 4 is 11.8 Å². The largest absolute Gasteiger partial charge is 0.475 e. The van der Waals surface area contributed by atoms with Crippen LogP contribution in [0.1, 0.15) is 17.6 Å². The molecule has 1 N–H and O–H groups in total. The lowest BCUT2D eigenvalue weighted by atomic mass is 10.1. The summed E-state index contributed by atoms with van der Waals surface area (Å²) in [6.45, 7) is 0. The number of hydrogen-bond donors (Lipinski definition) is 1. The Labute approximate surface area is 84.3 Å². The minimum absolute atomic E-state index is 0.217. The van der Waals surface area contributed by atoms with Crippen LogP contribution in [0.4, 0.5) is 8.78 Å². The second kappa shape index (κ2) is 4.63. The van der Waals surface area contributed by atoms with Crippen LogP contribution in [-0.4, -0.2) is 16.9 Å². The van der Waals surface area contributed by atoms with Crippen LogP contribution in [0.25, 0.3) is 0 Å². The van der Waals surface area contributed by atoms with Crippen LogP contribution in [0.3, 0.4) is 0 Å². The predicted octanol–water partition coefficient (Wildman–Crippen LogP) is 1.82. The maximum atomic E-state index is 12.2. The highest BCUT2D eigenvalue weighted by Gasteiger charge is 2.13. The van der Waals surface area contributed by atoms with E-state index in [9.17, 15) is 18.4 Å². The fraction of sp³-hybridized carbons (Fsp3) is 0.200. The van der Waals surface area contributed by atoms with Gasteiger partial charge in [-0.2, -0.15) is 0 Å². The molecule has 1 rings (SSSR count). The first-order valence-electron chi connectivity index (χ1n) is 4.14. The van der Waals surface area contributed by atoms with Gasteiger partial charge in [-0.25, -0.2) is 13.6 Å². The summed E-state index contributed by atoms with van der Waals surface area (Å²) in [5.41, 5.74) is 0.0610. The van der Waals surface area contributed by atoms with Crippen LogP contribution < -0.4 is 0 Å². The van der Waals surface area contributed by atoms with Gasteiger partial charge >= 0.3 is 5.97 Å². The summed E-state index contributed by atoms with van der Waals surface area (Å²) < 4.78 is 24.5. The van der Waals surface area contributed by atoms with Crippen LogP contribution in [0, 0.1) is 0 Å². The third-order valence-corrected chi connectivity index (χ3v) is 1.81. The van der Waals surface area contributed by atoms with Gasteiger partial charge < -0.3 is 5.11 Å². The summed E-state index contributed by atoms with van der Waals surface area (Å²) in [7, 11) is 0. The van der Waals surface area contributed by atoms with Gasteiger partial charge in [0.2, 0.25) is 5.78 Å². The van der Waals surface area contributed by atoms with E-state index in [2.05, 4.69) is 0 Å². The topological polar surface area (TPSA) is 54.4 Å². The zero-order valence-corrected chi connectivity index (χ0v) is 7.61. The van der Waals surface area contributed by atoms with Crippen molar-refractivity contribution in [3.05, 3.63) is 35.4 Å². The van der Waals surface area contributed by atoms with Crippen LogP contribution >= 0.6 is 0 Å². The molecule has 0 heterocycles. The Morgan fingerprint density at radius 1 is 1.33 bits per heavy atom. The second-order valence-corrected chi connectivity index (χ2v) is 2.95. The Morgan fingerprint density at radius 3 is 2.53 bits per heavy atom. The molecule has 0 saturated heterocycles. The minimum atomic E-state index is -2.62. The van der Waals surface area contributed by atoms with Gasteiger partial charge in [-0.1, -0.05) is 18.2 Å². The number of rotatable bonds is 4. The number of hydrogen-bond acceptors (Lipinski definition) is 2. The first-order valence-corrected chi connectivity index (χ1v) is 4.14. The number of carbonyl (C=O) groups is 2. The number of halogens is 2. The smallest absolute Gasteiger partial charge is 0.372 e. The molecule has 0 unspecified atom stereocenters. The van der Waals surface area contributed by atoms with Crippen molar-refractivity contribution in [1.29, 1.82) is 0 Å². The van der Waals surface area contributed by atoms with E-state index < -0.39 is 18.2 Å². The van der Waals surface area contributed by atoms with Gasteiger partial charge in [-0.05, 0) is 11.6 Å². The summed E-state index contributed by atoms with van der Waals surface area (Å²) in [6.07, 6.45) is -2.99. The second-order valence-electron chi connectivity index (χ2n) is 2.95. The molecule has 1 aromatic rings. The van der Waals surface area contributed by atoms with Gasteiger partial charge in [-0.15, -0.1) is 0 Å². The summed E-state index contributed by atoms with van der Waals surface area (Å²) in [5, 5.41) is 8.32. The molecule has 15 heavy (non-hydrogen) atoms. The highest BCUT2D eigenvalue weighted by molar-refractivity contribution is 6.33. The Hall–Kier alpha value is -1.78. The van der Waals surface area contributed by atoms with E-state index in [4.69, 9.17) is 5.11 Å². The average Bonchev–Trinajstić information content (AvgIpc) is 2.18. The summed E-state index contributed by atoms with van der Waals surface area (Å²) in [5.74, 6) is -2.57. The van der Waals surface area contributed by atoms with Gasteiger partial charge in [-0.3, -0.25) is 4.79 Å². The molecule has 5 heteroatoms. The van der Waals surface area contributed by atoms with Crippen molar-refractivity contribution in [3.63, 3.8) is 0 Å². The van der Waals surface area contributed by atoms with E-state index in [0.29, 0.717) is 0 Å². The quantitative estimate of drug-likeness (QED) is 0.778. The number of benzene rings is 1. The third-order valence-electron chi connectivity index (χ3n) is 1.81. The summed E-state index contributed by atoms with van der Waals surface area (Å²) >= 11 is 0. The Morgan fingerprint density at radius 2 is 2.00 bits per heavy atom. The van der Waals surface area contributed by atoms with Gasteiger partial charge in [0.05, 0.1) is 0 Å². The average molecular weight is 214 g/mol. The first-order chi connectivity index (χ1) is 7.00. The number of ketones is 1. The van der Waals surface area contributed by atoms with Gasteiger partial charge in [0, 0.05) is 12.0 Å². The van der Waals surface area contributed by atoms with Gasteiger partial charge in [0.15, 0.2) is 0 Å². The first kappa shape index (κ1) is 11.3. The van der Waals surface area contributed by atoms with Crippen LogP contribution in [0.15, 0.2) is 24.3 Å². The van der Waals surface area contributed by atoms with E-state index in [-0.39, 0.29) is 17.5 Å². The lowest BCUT2D eigenvalue weighted by Gasteiger charge is -2.02. The molecular formula is C10H8F2O3. The molecular weight excluding hydrogens is 206 g/mol. The van der Waals surface area contributed by atoms with E-state index >= 15 is 0 Å². The lowest BCUT2D eigenvalue weighted by molar-refractivity contribution is -0.148. The van der Waals surface area contributed by atoms with E-state index in [1.54, 1.807) is 0 Å². The number of carboxylic acid groups (broad SMARTS) is 1. The molecule has 1 aromatic carbocycles. The van der Waals surface area contributed by atoms with Gasteiger partial charge in [0.25, 0.3) is 6.43 Å². The SMILES string of the molecule is O=C(O)C(=O)Cc1cccc(C(F)F)c1. The van der Waals surface area contributed by atoms with Crippen molar-refractivity contribution in [2.24, 2.45) is 0 Å². The Balaban J connectivity index is 2.82.